The first-order chi connectivity index (χ1) is 9.96. The number of anilines is 1. The number of benzene rings is 1. The van der Waals surface area contributed by atoms with Crippen molar-refractivity contribution in [1.82, 2.24) is 10.3 Å². The zero-order valence-corrected chi connectivity index (χ0v) is 13.9. The molecule has 0 aliphatic rings. The van der Waals surface area contributed by atoms with E-state index in [0.29, 0.717) is 11.7 Å². The van der Waals surface area contributed by atoms with Gasteiger partial charge in [-0.05, 0) is 43.7 Å². The first-order valence-electron chi connectivity index (χ1n) is 6.67. The first-order valence-corrected chi connectivity index (χ1v) is 9.04. The first kappa shape index (κ1) is 15.9. The Hall–Kier alpha value is -1.44. The number of rotatable bonds is 6. The molecule has 0 atom stereocenters. The highest BCUT2D eigenvalue weighted by Crippen LogP contribution is 2.22. The van der Waals surface area contributed by atoms with Gasteiger partial charge in [-0.25, -0.2) is 13.4 Å². The van der Waals surface area contributed by atoms with Crippen molar-refractivity contribution in [2.45, 2.75) is 31.7 Å². The smallest absolute Gasteiger partial charge is 0.263 e. The standard InChI is InChI=1S/C14H19N3O2S2/c1-4-11-5-6-13(7-12(11)8-15-3)21(18,19)17-14-16-10(2)9-20-14/h5-7,9,15H,4,8H2,1-3H3,(H,16,17). The number of hydrogen-bond acceptors (Lipinski definition) is 5. The summed E-state index contributed by atoms with van der Waals surface area (Å²) in [4.78, 5) is 4.39. The molecule has 0 aliphatic carbocycles. The molecule has 21 heavy (non-hydrogen) atoms. The molecule has 2 rings (SSSR count). The normalized spacial score (nSPS) is 11.6. The summed E-state index contributed by atoms with van der Waals surface area (Å²) < 4.78 is 27.3. The maximum Gasteiger partial charge on any atom is 0.263 e. The molecule has 0 bridgehead atoms. The lowest BCUT2D eigenvalue weighted by Gasteiger charge is -2.11. The molecule has 2 aromatic rings. The molecule has 0 radical (unpaired) electrons. The van der Waals surface area contributed by atoms with E-state index >= 15 is 0 Å². The molecule has 0 saturated heterocycles. The van der Waals surface area contributed by atoms with Gasteiger partial charge in [-0.3, -0.25) is 4.72 Å². The lowest BCUT2D eigenvalue weighted by atomic mass is 10.1. The summed E-state index contributed by atoms with van der Waals surface area (Å²) in [6.07, 6.45) is 0.871. The third-order valence-electron chi connectivity index (χ3n) is 3.08. The van der Waals surface area contributed by atoms with Crippen molar-refractivity contribution in [2.75, 3.05) is 11.8 Å². The zero-order chi connectivity index (χ0) is 15.5. The van der Waals surface area contributed by atoms with E-state index in [-0.39, 0.29) is 4.90 Å². The monoisotopic (exact) mass is 325 g/mol. The molecule has 0 unspecified atom stereocenters. The van der Waals surface area contributed by atoms with Crippen molar-refractivity contribution < 1.29 is 8.42 Å². The minimum atomic E-state index is -3.60. The van der Waals surface area contributed by atoms with E-state index in [1.807, 2.05) is 25.4 Å². The van der Waals surface area contributed by atoms with Gasteiger partial charge in [0.2, 0.25) is 0 Å². The van der Waals surface area contributed by atoms with Crippen LogP contribution in [-0.4, -0.2) is 20.4 Å². The second-order valence-corrected chi connectivity index (χ2v) is 7.25. The lowest BCUT2D eigenvalue weighted by Crippen LogP contribution is -2.15. The molecule has 1 aromatic heterocycles. The fourth-order valence-corrected chi connectivity index (χ4v) is 4.04. The van der Waals surface area contributed by atoms with Crippen molar-refractivity contribution in [3.05, 3.63) is 40.4 Å². The van der Waals surface area contributed by atoms with Crippen LogP contribution in [0, 0.1) is 6.92 Å². The Labute approximate surface area is 129 Å². The van der Waals surface area contributed by atoms with E-state index in [9.17, 15) is 8.42 Å². The summed E-state index contributed by atoms with van der Waals surface area (Å²) in [6, 6.07) is 5.23. The van der Waals surface area contributed by atoms with Crippen LogP contribution in [0.2, 0.25) is 0 Å². The van der Waals surface area contributed by atoms with Crippen LogP contribution in [0.1, 0.15) is 23.7 Å². The molecule has 0 aliphatic heterocycles. The Kier molecular flexibility index (Phi) is 4.97. The van der Waals surface area contributed by atoms with Crippen LogP contribution in [0.4, 0.5) is 5.13 Å². The molecule has 0 fully saturated rings. The summed E-state index contributed by atoms with van der Waals surface area (Å²) in [7, 11) is -1.75. The molecule has 0 spiro atoms. The maximum absolute atomic E-state index is 12.4. The predicted molar refractivity (Wildman–Crippen MR) is 86.2 cm³/mol. The number of aryl methyl sites for hydroxylation is 2. The van der Waals surface area contributed by atoms with E-state index < -0.39 is 10.0 Å². The maximum atomic E-state index is 12.4. The number of sulfonamides is 1. The third-order valence-corrected chi connectivity index (χ3v) is 5.42. The second-order valence-electron chi connectivity index (χ2n) is 4.71. The van der Waals surface area contributed by atoms with E-state index in [1.165, 1.54) is 11.3 Å². The molecular formula is C14H19N3O2S2. The average Bonchev–Trinajstić information content (AvgIpc) is 2.83. The van der Waals surface area contributed by atoms with Crippen LogP contribution >= 0.6 is 11.3 Å². The van der Waals surface area contributed by atoms with E-state index in [4.69, 9.17) is 0 Å². The number of nitrogens with zero attached hydrogens (tertiary/aromatic N) is 1. The molecule has 114 valence electrons. The Bertz CT molecular complexity index is 724. The van der Waals surface area contributed by atoms with Crippen LogP contribution in [0.25, 0.3) is 0 Å². The highest BCUT2D eigenvalue weighted by Gasteiger charge is 2.17. The minimum absolute atomic E-state index is 0.262. The Morgan fingerprint density at radius 1 is 1.29 bits per heavy atom. The van der Waals surface area contributed by atoms with Gasteiger partial charge >= 0.3 is 0 Å². The predicted octanol–water partition coefficient (Wildman–Crippen LogP) is 2.53. The van der Waals surface area contributed by atoms with Gasteiger partial charge in [-0.1, -0.05) is 13.0 Å². The molecule has 7 heteroatoms. The van der Waals surface area contributed by atoms with Crippen molar-refractivity contribution in [2.24, 2.45) is 0 Å². The largest absolute Gasteiger partial charge is 0.316 e. The Balaban J connectivity index is 2.33. The van der Waals surface area contributed by atoms with Gasteiger partial charge in [0.25, 0.3) is 10.0 Å². The number of aromatic nitrogens is 1. The van der Waals surface area contributed by atoms with Gasteiger partial charge in [-0.2, -0.15) is 0 Å². The fraction of sp³-hybridized carbons (Fsp3) is 0.357. The van der Waals surface area contributed by atoms with E-state index in [0.717, 1.165) is 23.2 Å². The average molecular weight is 325 g/mol. The van der Waals surface area contributed by atoms with E-state index in [2.05, 4.69) is 21.9 Å². The molecular weight excluding hydrogens is 306 g/mol. The minimum Gasteiger partial charge on any atom is -0.316 e. The highest BCUT2D eigenvalue weighted by atomic mass is 32.2. The van der Waals surface area contributed by atoms with E-state index in [1.54, 1.807) is 12.1 Å². The zero-order valence-electron chi connectivity index (χ0n) is 12.3. The molecule has 0 amide bonds. The number of thiazole rings is 1. The summed E-state index contributed by atoms with van der Waals surface area (Å²) >= 11 is 1.28. The topological polar surface area (TPSA) is 71.1 Å². The number of nitrogens with one attached hydrogen (secondary N) is 2. The van der Waals surface area contributed by atoms with Crippen molar-refractivity contribution in [1.29, 1.82) is 0 Å². The Morgan fingerprint density at radius 3 is 2.62 bits per heavy atom. The molecule has 2 N–H and O–H groups in total. The van der Waals surface area contributed by atoms with Crippen LogP contribution in [0.15, 0.2) is 28.5 Å². The molecule has 0 saturated carbocycles. The van der Waals surface area contributed by atoms with Gasteiger partial charge in [0.15, 0.2) is 5.13 Å². The third kappa shape index (κ3) is 3.81. The van der Waals surface area contributed by atoms with Crippen LogP contribution < -0.4 is 10.0 Å². The fourth-order valence-electron chi connectivity index (χ4n) is 2.04. The van der Waals surface area contributed by atoms with Gasteiger partial charge < -0.3 is 5.32 Å². The van der Waals surface area contributed by atoms with Crippen LogP contribution in [0.5, 0.6) is 0 Å². The summed E-state index contributed by atoms with van der Waals surface area (Å²) in [6.45, 7) is 4.53. The summed E-state index contributed by atoms with van der Waals surface area (Å²) in [5.41, 5.74) is 2.95. The quantitative estimate of drug-likeness (QED) is 0.856. The highest BCUT2D eigenvalue weighted by molar-refractivity contribution is 7.93. The molecule has 1 aromatic carbocycles. The lowest BCUT2D eigenvalue weighted by molar-refractivity contribution is 0.601. The second kappa shape index (κ2) is 6.55. The van der Waals surface area contributed by atoms with Gasteiger partial charge in [0, 0.05) is 11.9 Å². The van der Waals surface area contributed by atoms with Crippen LogP contribution in [0.3, 0.4) is 0 Å². The van der Waals surface area contributed by atoms with Crippen molar-refractivity contribution in [3.63, 3.8) is 0 Å². The van der Waals surface area contributed by atoms with Gasteiger partial charge in [0.1, 0.15) is 0 Å². The molecule has 1 heterocycles. The summed E-state index contributed by atoms with van der Waals surface area (Å²) in [5, 5.41) is 5.27. The SMILES string of the molecule is CCc1ccc(S(=O)(=O)Nc2nc(C)cs2)cc1CNC. The van der Waals surface area contributed by atoms with Crippen molar-refractivity contribution >= 4 is 26.5 Å². The molecule has 5 nitrogen and oxygen atoms in total. The Morgan fingerprint density at radius 2 is 2.05 bits per heavy atom. The van der Waals surface area contributed by atoms with Gasteiger partial charge in [0.05, 0.1) is 10.6 Å². The number of hydrogen-bond donors (Lipinski definition) is 2. The van der Waals surface area contributed by atoms with Gasteiger partial charge in [-0.15, -0.1) is 11.3 Å². The summed E-state index contributed by atoms with van der Waals surface area (Å²) in [5.74, 6) is 0. The van der Waals surface area contributed by atoms with Crippen LogP contribution in [-0.2, 0) is 23.0 Å². The van der Waals surface area contributed by atoms with Crippen molar-refractivity contribution in [3.8, 4) is 0 Å².